The molecular weight excluding hydrogens is 512 g/mol. The molecule has 3 aromatic carbocycles. The smallest absolute Gasteiger partial charge is 0.298 e. The topological polar surface area (TPSA) is 70.4 Å². The minimum Gasteiger partial charge on any atom is -0.488 e. The highest BCUT2D eigenvalue weighted by molar-refractivity contribution is 9.10. The van der Waals surface area contributed by atoms with E-state index < -0.39 is 11.1 Å². The average Bonchev–Trinajstić information content (AvgIpc) is 3.06. The second kappa shape index (κ2) is 9.61. The molecule has 1 fully saturated rings. The van der Waals surface area contributed by atoms with Crippen molar-refractivity contribution in [1.29, 1.82) is 5.26 Å². The van der Waals surface area contributed by atoms with E-state index in [0.717, 1.165) is 26.7 Å². The summed E-state index contributed by atoms with van der Waals surface area (Å²) in [7, 11) is 0. The van der Waals surface area contributed by atoms with Crippen molar-refractivity contribution in [3.05, 3.63) is 97.8 Å². The summed E-state index contributed by atoms with van der Waals surface area (Å²) >= 11 is 10.3. The molecular formula is C24H14BrClN2O3S. The SMILES string of the molecule is N#Cc1ccccc1COc1ccc(Br)cc1/C=C1/SC(=O)N(c2cccc(Cl)c2)C1=O. The van der Waals surface area contributed by atoms with E-state index in [2.05, 4.69) is 22.0 Å². The summed E-state index contributed by atoms with van der Waals surface area (Å²) in [4.78, 5) is 26.9. The predicted molar refractivity (Wildman–Crippen MR) is 130 cm³/mol. The molecule has 158 valence electrons. The van der Waals surface area contributed by atoms with Crippen LogP contribution in [-0.4, -0.2) is 11.1 Å². The quantitative estimate of drug-likeness (QED) is 0.343. The number of rotatable bonds is 5. The van der Waals surface area contributed by atoms with Crippen molar-refractivity contribution in [2.75, 3.05) is 4.90 Å². The van der Waals surface area contributed by atoms with Crippen LogP contribution in [0.5, 0.6) is 5.75 Å². The molecule has 2 amide bonds. The summed E-state index contributed by atoms with van der Waals surface area (Å²) in [6.07, 6.45) is 1.63. The van der Waals surface area contributed by atoms with Crippen LogP contribution in [0, 0.1) is 11.3 Å². The molecule has 0 aromatic heterocycles. The van der Waals surface area contributed by atoms with Gasteiger partial charge >= 0.3 is 0 Å². The van der Waals surface area contributed by atoms with Crippen molar-refractivity contribution < 1.29 is 14.3 Å². The number of halogens is 2. The molecule has 0 saturated carbocycles. The van der Waals surface area contributed by atoms with Crippen LogP contribution in [-0.2, 0) is 11.4 Å². The third-order valence-electron chi connectivity index (χ3n) is 4.64. The zero-order valence-electron chi connectivity index (χ0n) is 16.4. The van der Waals surface area contributed by atoms with Crippen molar-refractivity contribution in [2.24, 2.45) is 0 Å². The standard InChI is InChI=1S/C24H14BrClN2O3S/c25-18-8-9-21(31-14-16-5-2-1-4-15(16)13-27)17(10-18)11-22-23(29)28(24(30)32-22)20-7-3-6-19(26)12-20/h1-12H,14H2/b22-11+. The van der Waals surface area contributed by atoms with Gasteiger partial charge in [-0.15, -0.1) is 0 Å². The monoisotopic (exact) mass is 524 g/mol. The number of amides is 2. The Kier molecular flexibility index (Phi) is 6.66. The summed E-state index contributed by atoms with van der Waals surface area (Å²) in [5.41, 5.74) is 2.34. The number of nitrogens with zero attached hydrogens (tertiary/aromatic N) is 2. The number of carbonyl (C=O) groups excluding carboxylic acids is 2. The first kappa shape index (κ1) is 22.2. The number of imide groups is 1. The largest absolute Gasteiger partial charge is 0.488 e. The molecule has 1 heterocycles. The molecule has 0 atom stereocenters. The van der Waals surface area contributed by atoms with Gasteiger partial charge in [0, 0.05) is 20.6 Å². The number of hydrogen-bond donors (Lipinski definition) is 0. The van der Waals surface area contributed by atoms with E-state index in [-0.39, 0.29) is 11.5 Å². The molecule has 0 radical (unpaired) electrons. The van der Waals surface area contributed by atoms with Crippen LogP contribution in [0.3, 0.4) is 0 Å². The van der Waals surface area contributed by atoms with Gasteiger partial charge in [0.25, 0.3) is 11.1 Å². The number of benzene rings is 3. The zero-order chi connectivity index (χ0) is 22.7. The van der Waals surface area contributed by atoms with Crippen molar-refractivity contribution in [3.63, 3.8) is 0 Å². The lowest BCUT2D eigenvalue weighted by atomic mass is 10.1. The molecule has 5 nitrogen and oxygen atoms in total. The van der Waals surface area contributed by atoms with E-state index in [4.69, 9.17) is 16.3 Å². The molecule has 8 heteroatoms. The Morgan fingerprint density at radius 2 is 1.91 bits per heavy atom. The van der Waals surface area contributed by atoms with E-state index in [1.165, 1.54) is 0 Å². The lowest BCUT2D eigenvalue weighted by Crippen LogP contribution is -2.27. The van der Waals surface area contributed by atoms with Gasteiger partial charge < -0.3 is 4.74 Å². The van der Waals surface area contributed by atoms with Crippen molar-refractivity contribution >= 4 is 62.2 Å². The molecule has 1 aliphatic rings. The molecule has 1 aliphatic heterocycles. The summed E-state index contributed by atoms with van der Waals surface area (Å²) < 4.78 is 6.76. The Balaban J connectivity index is 1.63. The fraction of sp³-hybridized carbons (Fsp3) is 0.0417. The van der Waals surface area contributed by atoms with Crippen LogP contribution in [0.15, 0.2) is 76.1 Å². The van der Waals surface area contributed by atoms with Gasteiger partial charge in [-0.3, -0.25) is 9.59 Å². The first-order chi connectivity index (χ1) is 15.5. The second-order valence-electron chi connectivity index (χ2n) is 6.74. The van der Waals surface area contributed by atoms with E-state index in [1.807, 2.05) is 18.2 Å². The molecule has 0 N–H and O–H groups in total. The van der Waals surface area contributed by atoms with E-state index >= 15 is 0 Å². The number of ether oxygens (including phenoxy) is 1. The van der Waals surface area contributed by atoms with Crippen molar-refractivity contribution in [2.45, 2.75) is 6.61 Å². The van der Waals surface area contributed by atoms with Crippen LogP contribution in [0.1, 0.15) is 16.7 Å². The average molecular weight is 526 g/mol. The molecule has 1 saturated heterocycles. The van der Waals surface area contributed by atoms with Crippen LogP contribution < -0.4 is 9.64 Å². The minimum atomic E-state index is -0.428. The lowest BCUT2D eigenvalue weighted by molar-refractivity contribution is -0.113. The maximum Gasteiger partial charge on any atom is 0.298 e. The van der Waals surface area contributed by atoms with E-state index in [1.54, 1.807) is 54.6 Å². The minimum absolute atomic E-state index is 0.191. The van der Waals surface area contributed by atoms with Gasteiger partial charge in [-0.05, 0) is 60.3 Å². The third-order valence-corrected chi connectivity index (χ3v) is 6.24. The van der Waals surface area contributed by atoms with Crippen LogP contribution in [0.25, 0.3) is 6.08 Å². The Labute approximate surface area is 202 Å². The Hall–Kier alpha value is -3.05. The number of nitriles is 1. The fourth-order valence-corrected chi connectivity index (χ4v) is 4.52. The van der Waals surface area contributed by atoms with Gasteiger partial charge in [0.2, 0.25) is 0 Å². The van der Waals surface area contributed by atoms with Gasteiger partial charge in [-0.25, -0.2) is 4.90 Å². The van der Waals surface area contributed by atoms with Crippen molar-refractivity contribution in [3.8, 4) is 11.8 Å². The molecule has 32 heavy (non-hydrogen) atoms. The highest BCUT2D eigenvalue weighted by Gasteiger charge is 2.36. The zero-order valence-corrected chi connectivity index (χ0v) is 19.6. The highest BCUT2D eigenvalue weighted by Crippen LogP contribution is 2.38. The third kappa shape index (κ3) is 4.73. The maximum atomic E-state index is 13.0. The molecule has 0 aliphatic carbocycles. The summed E-state index contributed by atoms with van der Waals surface area (Å²) in [5.74, 6) is 0.0958. The van der Waals surface area contributed by atoms with E-state index in [9.17, 15) is 14.9 Å². The first-order valence-electron chi connectivity index (χ1n) is 9.40. The fourth-order valence-electron chi connectivity index (χ4n) is 3.12. The number of thioether (sulfide) groups is 1. The second-order valence-corrected chi connectivity index (χ2v) is 9.08. The van der Waals surface area contributed by atoms with Crippen molar-refractivity contribution in [1.82, 2.24) is 0 Å². The maximum absolute atomic E-state index is 13.0. The number of carbonyl (C=O) groups is 2. The lowest BCUT2D eigenvalue weighted by Gasteiger charge is -2.13. The normalized spacial score (nSPS) is 14.7. The molecule has 4 rings (SSSR count). The molecule has 0 bridgehead atoms. The summed E-state index contributed by atoms with van der Waals surface area (Å²) in [6, 6.07) is 21.3. The first-order valence-corrected chi connectivity index (χ1v) is 11.4. The van der Waals surface area contributed by atoms with Crippen LogP contribution >= 0.6 is 39.3 Å². The molecule has 0 unspecified atom stereocenters. The highest BCUT2D eigenvalue weighted by atomic mass is 79.9. The number of hydrogen-bond acceptors (Lipinski definition) is 5. The molecule has 3 aromatic rings. The summed E-state index contributed by atoms with van der Waals surface area (Å²) in [6.45, 7) is 0.191. The van der Waals surface area contributed by atoms with Gasteiger partial charge in [-0.2, -0.15) is 5.26 Å². The summed E-state index contributed by atoms with van der Waals surface area (Å²) in [5, 5.41) is 9.32. The van der Waals surface area contributed by atoms with Gasteiger partial charge in [0.1, 0.15) is 12.4 Å². The van der Waals surface area contributed by atoms with E-state index in [0.29, 0.717) is 27.6 Å². The van der Waals surface area contributed by atoms with Crippen LogP contribution in [0.4, 0.5) is 10.5 Å². The Morgan fingerprint density at radius 3 is 2.69 bits per heavy atom. The number of anilines is 1. The Bertz CT molecular complexity index is 1300. The van der Waals surface area contributed by atoms with Gasteiger partial charge in [0.15, 0.2) is 0 Å². The van der Waals surface area contributed by atoms with Gasteiger partial charge in [0.05, 0.1) is 22.2 Å². The Morgan fingerprint density at radius 1 is 1.09 bits per heavy atom. The van der Waals surface area contributed by atoms with Gasteiger partial charge in [-0.1, -0.05) is 51.8 Å². The van der Waals surface area contributed by atoms with Crippen LogP contribution in [0.2, 0.25) is 5.02 Å². The molecule has 0 spiro atoms. The predicted octanol–water partition coefficient (Wildman–Crippen LogP) is 6.79.